The fourth-order valence-corrected chi connectivity index (χ4v) is 2.22. The minimum atomic E-state index is -0.840. The van der Waals surface area contributed by atoms with Crippen LogP contribution in [-0.2, 0) is 9.53 Å². The van der Waals surface area contributed by atoms with Gasteiger partial charge in [0.25, 0.3) is 5.91 Å². The third-order valence-electron chi connectivity index (χ3n) is 2.84. The fourth-order valence-electron chi connectivity index (χ4n) is 1.91. The van der Waals surface area contributed by atoms with Gasteiger partial charge in [-0.25, -0.2) is 9.78 Å². The van der Waals surface area contributed by atoms with Gasteiger partial charge in [-0.2, -0.15) is 0 Å². The maximum absolute atomic E-state index is 12.4. The number of anilines is 1. The summed E-state index contributed by atoms with van der Waals surface area (Å²) in [5.41, 5.74) is -0.639. The first-order chi connectivity index (χ1) is 10.2. The molecule has 1 aliphatic rings. The van der Waals surface area contributed by atoms with Crippen molar-refractivity contribution in [2.45, 2.75) is 32.4 Å². The molecule has 120 valence electrons. The highest BCUT2D eigenvalue weighted by atomic mass is 79.9. The highest BCUT2D eigenvalue weighted by Gasteiger charge is 2.32. The number of fused-ring (bicyclic) bond motifs is 1. The van der Waals surface area contributed by atoms with Crippen molar-refractivity contribution < 1.29 is 19.1 Å². The highest BCUT2D eigenvalue weighted by Crippen LogP contribution is 2.30. The van der Waals surface area contributed by atoms with E-state index in [0.717, 1.165) is 4.47 Å². The number of rotatable bonds is 1. The zero-order valence-electron chi connectivity index (χ0n) is 12.8. The van der Waals surface area contributed by atoms with E-state index < -0.39 is 17.7 Å². The van der Waals surface area contributed by atoms with E-state index in [9.17, 15) is 9.59 Å². The van der Waals surface area contributed by atoms with Crippen molar-refractivity contribution in [1.29, 1.82) is 0 Å². The number of halogens is 1. The zero-order chi connectivity index (χ0) is 16.5. The molecular weight excluding hydrogens is 354 g/mol. The molecule has 22 heavy (non-hydrogen) atoms. The molecule has 0 saturated heterocycles. The molecule has 0 aromatic carbocycles. The van der Waals surface area contributed by atoms with Gasteiger partial charge in [0.1, 0.15) is 18.2 Å². The number of hydrogen-bond acceptors (Lipinski definition) is 5. The van der Waals surface area contributed by atoms with Gasteiger partial charge in [0.2, 0.25) is 0 Å². The Bertz CT molecular complexity index is 600. The van der Waals surface area contributed by atoms with Gasteiger partial charge in [0.15, 0.2) is 11.6 Å². The lowest BCUT2D eigenvalue weighted by molar-refractivity contribution is -0.120. The lowest BCUT2D eigenvalue weighted by Crippen LogP contribution is -2.50. The van der Waals surface area contributed by atoms with Crippen LogP contribution in [0.15, 0.2) is 16.7 Å². The average Bonchev–Trinajstić information content (AvgIpc) is 2.49. The second-order valence-corrected chi connectivity index (χ2v) is 6.80. The molecule has 7 nitrogen and oxygen atoms in total. The second-order valence-electron chi connectivity index (χ2n) is 5.88. The van der Waals surface area contributed by atoms with Crippen LogP contribution >= 0.6 is 15.9 Å². The van der Waals surface area contributed by atoms with E-state index >= 15 is 0 Å². The van der Waals surface area contributed by atoms with Gasteiger partial charge in [0, 0.05) is 17.7 Å². The van der Waals surface area contributed by atoms with Crippen LogP contribution in [0.2, 0.25) is 0 Å². The molecule has 2 heterocycles. The van der Waals surface area contributed by atoms with Crippen molar-refractivity contribution >= 4 is 33.7 Å². The molecule has 0 saturated carbocycles. The summed E-state index contributed by atoms with van der Waals surface area (Å²) in [6.07, 6.45) is 0.913. The Morgan fingerprint density at radius 3 is 2.86 bits per heavy atom. The Kier molecular flexibility index (Phi) is 4.60. The minimum Gasteiger partial charge on any atom is -0.487 e. The lowest BCUT2D eigenvalue weighted by Gasteiger charge is -2.23. The summed E-state index contributed by atoms with van der Waals surface area (Å²) in [6, 6.07) is 0.884. The van der Waals surface area contributed by atoms with Crippen molar-refractivity contribution in [3.8, 4) is 5.75 Å². The van der Waals surface area contributed by atoms with Gasteiger partial charge in [-0.15, -0.1) is 0 Å². The Labute approximate surface area is 137 Å². The van der Waals surface area contributed by atoms with E-state index in [1.54, 1.807) is 40.1 Å². The molecular formula is C14H18BrN3O4. The molecule has 0 fully saturated rings. The minimum absolute atomic E-state index is 0.00749. The Morgan fingerprint density at radius 2 is 2.23 bits per heavy atom. The molecule has 0 spiro atoms. The summed E-state index contributed by atoms with van der Waals surface area (Å²) in [5.74, 6) is 0.555. The van der Waals surface area contributed by atoms with Gasteiger partial charge in [-0.05, 0) is 42.8 Å². The average molecular weight is 372 g/mol. The Morgan fingerprint density at radius 1 is 1.55 bits per heavy atom. The summed E-state index contributed by atoms with van der Waals surface area (Å²) in [4.78, 5) is 29.8. The predicted octanol–water partition coefficient (Wildman–Crippen LogP) is 2.09. The summed E-state index contributed by atoms with van der Waals surface area (Å²) in [7, 11) is 1.58. The first-order valence-corrected chi connectivity index (χ1v) is 7.52. The standard InChI is InChI=1S/C14H18BrN3O4/c1-14(2,3)22-13(20)17-9-7-21-10-5-8(15)6-16-11(10)18(4)12(9)19/h5-6,9H,7H2,1-4H3,(H,17,20). The number of nitrogens with zero attached hydrogens (tertiary/aromatic N) is 2. The predicted molar refractivity (Wildman–Crippen MR) is 84.0 cm³/mol. The van der Waals surface area contributed by atoms with E-state index in [1.165, 1.54) is 4.90 Å². The van der Waals surface area contributed by atoms with Crippen LogP contribution < -0.4 is 15.0 Å². The number of pyridine rings is 1. The van der Waals surface area contributed by atoms with E-state index in [0.29, 0.717) is 11.6 Å². The second kappa shape index (κ2) is 6.12. The van der Waals surface area contributed by atoms with Crippen molar-refractivity contribution in [2.24, 2.45) is 0 Å². The molecule has 1 unspecified atom stereocenters. The highest BCUT2D eigenvalue weighted by molar-refractivity contribution is 9.10. The van der Waals surface area contributed by atoms with Crippen LogP contribution in [0.25, 0.3) is 0 Å². The van der Waals surface area contributed by atoms with Gasteiger partial charge in [-0.1, -0.05) is 0 Å². The third-order valence-corrected chi connectivity index (χ3v) is 3.28. The lowest BCUT2D eigenvalue weighted by atomic mass is 10.2. The molecule has 1 aromatic heterocycles. The number of nitrogens with one attached hydrogen (secondary N) is 1. The van der Waals surface area contributed by atoms with Crippen LogP contribution in [0, 0.1) is 0 Å². The first-order valence-electron chi connectivity index (χ1n) is 6.73. The maximum Gasteiger partial charge on any atom is 0.408 e. The van der Waals surface area contributed by atoms with E-state index in [2.05, 4.69) is 26.2 Å². The fraction of sp³-hybridized carbons (Fsp3) is 0.500. The SMILES string of the molecule is CN1C(=O)C(NC(=O)OC(C)(C)C)COc2cc(Br)cnc21. The summed E-state index contributed by atoms with van der Waals surface area (Å²) in [6.45, 7) is 5.26. The van der Waals surface area contributed by atoms with E-state index in [1.807, 2.05) is 0 Å². The van der Waals surface area contributed by atoms with Gasteiger partial charge in [-0.3, -0.25) is 9.69 Å². The molecule has 1 atom stereocenters. The number of amides is 2. The molecule has 1 N–H and O–H groups in total. The van der Waals surface area contributed by atoms with Crippen LogP contribution in [0.4, 0.5) is 10.6 Å². The molecule has 0 radical (unpaired) electrons. The van der Waals surface area contributed by atoms with Crippen LogP contribution in [-0.4, -0.2) is 42.3 Å². The molecule has 1 aromatic rings. The van der Waals surface area contributed by atoms with Crippen molar-refractivity contribution in [2.75, 3.05) is 18.6 Å². The largest absolute Gasteiger partial charge is 0.487 e. The zero-order valence-corrected chi connectivity index (χ0v) is 14.4. The third kappa shape index (κ3) is 3.88. The van der Waals surface area contributed by atoms with Crippen molar-refractivity contribution in [3.63, 3.8) is 0 Å². The normalized spacial score (nSPS) is 18.1. The topological polar surface area (TPSA) is 80.8 Å². The molecule has 2 rings (SSSR count). The molecule has 2 amide bonds. The number of carbonyl (C=O) groups excluding carboxylic acids is 2. The molecule has 0 aliphatic carbocycles. The van der Waals surface area contributed by atoms with Gasteiger partial charge >= 0.3 is 6.09 Å². The molecule has 0 bridgehead atoms. The van der Waals surface area contributed by atoms with Crippen LogP contribution in [0.3, 0.4) is 0 Å². The quantitative estimate of drug-likeness (QED) is 0.817. The smallest absolute Gasteiger partial charge is 0.408 e. The van der Waals surface area contributed by atoms with E-state index in [-0.39, 0.29) is 12.5 Å². The van der Waals surface area contributed by atoms with Crippen LogP contribution in [0.5, 0.6) is 5.75 Å². The Balaban J connectivity index is 2.14. The summed E-state index contributed by atoms with van der Waals surface area (Å²) < 4.78 is 11.5. The van der Waals surface area contributed by atoms with Crippen molar-refractivity contribution in [3.05, 3.63) is 16.7 Å². The number of likely N-dealkylation sites (N-methyl/N-ethyl adjacent to an activating group) is 1. The number of aromatic nitrogens is 1. The number of carbonyl (C=O) groups is 2. The first kappa shape index (κ1) is 16.5. The van der Waals surface area contributed by atoms with Crippen LogP contribution in [0.1, 0.15) is 20.8 Å². The molecule has 8 heteroatoms. The Hall–Kier alpha value is -1.83. The van der Waals surface area contributed by atoms with Crippen molar-refractivity contribution in [1.82, 2.24) is 10.3 Å². The number of ether oxygens (including phenoxy) is 2. The summed E-state index contributed by atoms with van der Waals surface area (Å²) >= 11 is 3.30. The van der Waals surface area contributed by atoms with Gasteiger partial charge < -0.3 is 14.8 Å². The van der Waals surface area contributed by atoms with E-state index in [4.69, 9.17) is 9.47 Å². The monoisotopic (exact) mass is 371 g/mol. The number of alkyl carbamates (subject to hydrolysis) is 1. The summed E-state index contributed by atoms with van der Waals surface area (Å²) in [5, 5.41) is 2.53. The number of hydrogen-bond donors (Lipinski definition) is 1. The van der Waals surface area contributed by atoms with Gasteiger partial charge in [0.05, 0.1) is 0 Å². The maximum atomic E-state index is 12.4. The molecule has 1 aliphatic heterocycles.